The summed E-state index contributed by atoms with van der Waals surface area (Å²) >= 11 is 0. The molecule has 1 amide bonds. The Morgan fingerprint density at radius 2 is 1.97 bits per heavy atom. The Morgan fingerprint density at radius 3 is 2.48 bits per heavy atom. The van der Waals surface area contributed by atoms with E-state index >= 15 is 0 Å². The van der Waals surface area contributed by atoms with E-state index in [1.165, 1.54) is 13.1 Å². The molecule has 2 aliphatic heterocycles. The molecule has 5 nitrogen and oxygen atoms in total. The van der Waals surface area contributed by atoms with Crippen molar-refractivity contribution in [1.29, 1.82) is 0 Å². The second-order valence-electron chi connectivity index (χ2n) is 9.08. The van der Waals surface area contributed by atoms with Crippen LogP contribution in [-0.2, 0) is 4.74 Å². The number of halogens is 3. The van der Waals surface area contributed by atoms with Crippen LogP contribution in [0, 0.1) is 0 Å². The van der Waals surface area contributed by atoms with Gasteiger partial charge in [0.2, 0.25) is 0 Å². The number of carbonyl (C=O) groups is 1. The lowest BCUT2D eigenvalue weighted by Crippen LogP contribution is -2.50. The number of allylic oxidation sites excluding steroid dienone is 1. The van der Waals surface area contributed by atoms with E-state index < -0.39 is 23.8 Å². The van der Waals surface area contributed by atoms with Gasteiger partial charge in [0.15, 0.2) is 0 Å². The van der Waals surface area contributed by atoms with Crippen LogP contribution in [0.25, 0.3) is 0 Å². The maximum Gasteiger partial charge on any atom is 0.407 e. The summed E-state index contributed by atoms with van der Waals surface area (Å²) in [6.45, 7) is 7.49. The summed E-state index contributed by atoms with van der Waals surface area (Å²) in [4.78, 5) is 17.6. The first-order valence-corrected chi connectivity index (χ1v) is 10.4. The molecule has 2 aliphatic rings. The fraction of sp³-hybridized carbons (Fsp3) is 0.810. The van der Waals surface area contributed by atoms with Crippen LogP contribution < -0.4 is 5.32 Å². The van der Waals surface area contributed by atoms with Crippen LogP contribution >= 0.6 is 0 Å². The van der Waals surface area contributed by atoms with E-state index in [4.69, 9.17) is 4.74 Å². The molecular formula is C21H34F3N3O2. The summed E-state index contributed by atoms with van der Waals surface area (Å²) in [6.07, 6.45) is 3.04. The predicted molar refractivity (Wildman–Crippen MR) is 108 cm³/mol. The molecule has 166 valence electrons. The Kier molecular flexibility index (Phi) is 8.14. The van der Waals surface area contributed by atoms with Gasteiger partial charge in [-0.2, -0.15) is 8.78 Å². The molecule has 0 radical (unpaired) electrons. The number of aliphatic imine (C=N–C) groups is 1. The van der Waals surface area contributed by atoms with Gasteiger partial charge < -0.3 is 10.1 Å². The highest BCUT2D eigenvalue weighted by Crippen LogP contribution is 2.28. The lowest BCUT2D eigenvalue weighted by molar-refractivity contribution is 0.0184. The highest BCUT2D eigenvalue weighted by atomic mass is 19.3. The highest BCUT2D eigenvalue weighted by molar-refractivity contribution is 5.92. The number of amides is 1. The summed E-state index contributed by atoms with van der Waals surface area (Å²) in [7, 11) is 0. The van der Waals surface area contributed by atoms with Crippen LogP contribution in [0.1, 0.15) is 66.2 Å². The molecule has 2 rings (SSSR count). The highest BCUT2D eigenvalue weighted by Gasteiger charge is 2.39. The normalized spacial score (nSPS) is 20.7. The number of piperidine rings is 1. The van der Waals surface area contributed by atoms with Crippen LogP contribution in [0.5, 0.6) is 0 Å². The third-order valence-electron chi connectivity index (χ3n) is 5.10. The molecule has 0 aromatic carbocycles. The van der Waals surface area contributed by atoms with E-state index in [0.29, 0.717) is 45.2 Å². The van der Waals surface area contributed by atoms with Crippen molar-refractivity contribution in [3.05, 3.63) is 11.8 Å². The van der Waals surface area contributed by atoms with E-state index in [2.05, 4.69) is 10.3 Å². The molecular weight excluding hydrogens is 383 g/mol. The van der Waals surface area contributed by atoms with Gasteiger partial charge in [-0.15, -0.1) is 0 Å². The minimum Gasteiger partial charge on any atom is -0.444 e. The largest absolute Gasteiger partial charge is 0.444 e. The molecule has 0 bridgehead atoms. The molecule has 0 unspecified atom stereocenters. The van der Waals surface area contributed by atoms with E-state index in [1.54, 1.807) is 25.7 Å². The monoisotopic (exact) mass is 417 g/mol. The van der Waals surface area contributed by atoms with Gasteiger partial charge in [-0.05, 0) is 66.2 Å². The van der Waals surface area contributed by atoms with Crippen LogP contribution in [-0.4, -0.2) is 60.1 Å². The van der Waals surface area contributed by atoms with E-state index in [-0.39, 0.29) is 24.7 Å². The first-order chi connectivity index (χ1) is 13.4. The van der Waals surface area contributed by atoms with Crippen molar-refractivity contribution in [3.8, 4) is 0 Å². The third kappa shape index (κ3) is 8.36. The van der Waals surface area contributed by atoms with E-state index in [1.807, 2.05) is 0 Å². The lowest BCUT2D eigenvalue weighted by Gasteiger charge is -2.35. The first-order valence-electron chi connectivity index (χ1n) is 10.4. The fourth-order valence-corrected chi connectivity index (χ4v) is 3.51. The average Bonchev–Trinajstić information content (AvgIpc) is 2.60. The number of nitrogens with zero attached hydrogens (tertiary/aromatic N) is 2. The SMILES string of the molecule is C[C@H](F)CCC1=CN=C(C(F)(F)CN2CCC(NC(=O)OC(C)(C)C)CC2)CC1. The molecule has 29 heavy (non-hydrogen) atoms. The molecule has 0 saturated carbocycles. The van der Waals surface area contributed by atoms with Gasteiger partial charge in [-0.1, -0.05) is 5.57 Å². The molecule has 0 aromatic heterocycles. The molecule has 2 heterocycles. The van der Waals surface area contributed by atoms with Crippen LogP contribution in [0.15, 0.2) is 16.8 Å². The van der Waals surface area contributed by atoms with Crippen molar-refractivity contribution in [2.24, 2.45) is 4.99 Å². The Balaban J connectivity index is 1.79. The van der Waals surface area contributed by atoms with Crippen LogP contribution in [0.2, 0.25) is 0 Å². The van der Waals surface area contributed by atoms with Gasteiger partial charge in [0, 0.05) is 25.3 Å². The average molecular weight is 418 g/mol. The molecule has 1 N–H and O–H groups in total. The topological polar surface area (TPSA) is 53.9 Å². The van der Waals surface area contributed by atoms with Gasteiger partial charge in [-0.25, -0.2) is 9.18 Å². The summed E-state index contributed by atoms with van der Waals surface area (Å²) in [5.41, 5.74) is 0.276. The second kappa shape index (κ2) is 9.96. The number of hydrogen-bond donors (Lipinski definition) is 1. The van der Waals surface area contributed by atoms with Gasteiger partial charge in [0.1, 0.15) is 5.60 Å². The van der Waals surface area contributed by atoms with Crippen molar-refractivity contribution >= 4 is 11.8 Å². The molecule has 8 heteroatoms. The van der Waals surface area contributed by atoms with Crippen molar-refractivity contribution in [1.82, 2.24) is 10.2 Å². The summed E-state index contributed by atoms with van der Waals surface area (Å²) in [5.74, 6) is -2.99. The molecule has 0 aromatic rings. The third-order valence-corrected chi connectivity index (χ3v) is 5.10. The van der Waals surface area contributed by atoms with Crippen LogP contribution in [0.4, 0.5) is 18.0 Å². The standard InChI is InChI=1S/C21H34F3N3O2/c1-15(22)5-6-16-7-8-18(25-13-16)21(23,24)14-27-11-9-17(10-12-27)26-19(28)29-20(2,3)4/h13,15,17H,5-12,14H2,1-4H3,(H,26,28)/t15-/m0/s1. The molecule has 1 saturated heterocycles. The zero-order chi connectivity index (χ0) is 21.7. The maximum absolute atomic E-state index is 14.7. The second-order valence-corrected chi connectivity index (χ2v) is 9.08. The summed E-state index contributed by atoms with van der Waals surface area (Å²) in [5, 5.41) is 2.81. The molecule has 1 fully saturated rings. The maximum atomic E-state index is 14.7. The number of likely N-dealkylation sites (tertiary alicyclic amines) is 1. The Labute approximate surface area is 171 Å². The van der Waals surface area contributed by atoms with E-state index in [0.717, 1.165) is 5.57 Å². The van der Waals surface area contributed by atoms with Crippen LogP contribution in [0.3, 0.4) is 0 Å². The number of nitrogens with one attached hydrogen (secondary N) is 1. The minimum absolute atomic E-state index is 0.0647. The van der Waals surface area contributed by atoms with Gasteiger partial charge in [0.25, 0.3) is 5.92 Å². The zero-order valence-corrected chi connectivity index (χ0v) is 17.9. The van der Waals surface area contributed by atoms with E-state index in [9.17, 15) is 18.0 Å². The molecule has 0 aliphatic carbocycles. The molecule has 0 spiro atoms. The fourth-order valence-electron chi connectivity index (χ4n) is 3.51. The van der Waals surface area contributed by atoms with Gasteiger partial charge in [0.05, 0.1) is 18.4 Å². The number of hydrogen-bond acceptors (Lipinski definition) is 4. The minimum atomic E-state index is -2.99. The number of carbonyl (C=O) groups excluding carboxylic acids is 1. The Hall–Kier alpha value is -1.57. The quantitative estimate of drug-likeness (QED) is 0.643. The van der Waals surface area contributed by atoms with Crippen molar-refractivity contribution in [3.63, 3.8) is 0 Å². The van der Waals surface area contributed by atoms with Crippen molar-refractivity contribution < 1.29 is 22.7 Å². The summed E-state index contributed by atoms with van der Waals surface area (Å²) in [6, 6.07) is -0.0647. The van der Waals surface area contributed by atoms with Crippen molar-refractivity contribution in [2.75, 3.05) is 19.6 Å². The Bertz CT molecular complexity index is 619. The molecule has 1 atom stereocenters. The van der Waals surface area contributed by atoms with Crippen molar-refractivity contribution in [2.45, 2.75) is 90.0 Å². The number of rotatable bonds is 7. The zero-order valence-electron chi connectivity index (χ0n) is 17.9. The lowest BCUT2D eigenvalue weighted by atomic mass is 9.97. The van der Waals surface area contributed by atoms with Gasteiger partial charge >= 0.3 is 6.09 Å². The number of alkyl halides is 3. The number of ether oxygens (including phenoxy) is 1. The summed E-state index contributed by atoms with van der Waals surface area (Å²) < 4.78 is 47.5. The number of alkyl carbamates (subject to hydrolysis) is 1. The Morgan fingerprint density at radius 1 is 1.31 bits per heavy atom. The van der Waals surface area contributed by atoms with Gasteiger partial charge in [-0.3, -0.25) is 9.89 Å². The first kappa shape index (κ1) is 23.7. The smallest absolute Gasteiger partial charge is 0.407 e. The predicted octanol–water partition coefficient (Wildman–Crippen LogP) is 4.87.